The van der Waals surface area contributed by atoms with Crippen LogP contribution in [0, 0.1) is 0 Å². The molecule has 0 bridgehead atoms. The van der Waals surface area contributed by atoms with Gasteiger partial charge in [-0.1, -0.05) is 30.3 Å². The number of carbonyl (C=O) groups is 1. The molecule has 18 heavy (non-hydrogen) atoms. The lowest BCUT2D eigenvalue weighted by Gasteiger charge is -2.29. The van der Waals surface area contributed by atoms with E-state index in [9.17, 15) is 4.79 Å². The second-order valence-corrected chi connectivity index (χ2v) is 4.59. The molecule has 0 aliphatic rings. The number of amides is 1. The fourth-order valence-corrected chi connectivity index (χ4v) is 1.85. The maximum Gasteiger partial charge on any atom is 0.244 e. The summed E-state index contributed by atoms with van der Waals surface area (Å²) in [5.74, 6) is -0.0929. The number of benzene rings is 1. The van der Waals surface area contributed by atoms with Crippen LogP contribution in [0.1, 0.15) is 31.9 Å². The molecule has 1 unspecified atom stereocenters. The van der Waals surface area contributed by atoms with Gasteiger partial charge < -0.3 is 15.7 Å². The van der Waals surface area contributed by atoms with Gasteiger partial charge in [-0.3, -0.25) is 4.79 Å². The number of aliphatic hydroxyl groups excluding tert-OH is 1. The summed E-state index contributed by atoms with van der Waals surface area (Å²) < 4.78 is 0. The van der Waals surface area contributed by atoms with Crippen molar-refractivity contribution < 1.29 is 9.90 Å². The summed E-state index contributed by atoms with van der Waals surface area (Å²) in [6.45, 7) is 4.52. The molecule has 0 fully saturated rings. The Hall–Kier alpha value is -1.39. The monoisotopic (exact) mass is 250 g/mol. The second kappa shape index (κ2) is 7.13. The first-order chi connectivity index (χ1) is 8.57. The predicted molar refractivity (Wildman–Crippen MR) is 71.9 cm³/mol. The number of nitrogens with two attached hydrogens (primary N) is 1. The van der Waals surface area contributed by atoms with Crippen molar-refractivity contribution in [3.05, 3.63) is 35.9 Å². The van der Waals surface area contributed by atoms with Crippen molar-refractivity contribution in [2.75, 3.05) is 13.2 Å². The Morgan fingerprint density at radius 1 is 1.33 bits per heavy atom. The molecule has 1 aromatic carbocycles. The minimum Gasteiger partial charge on any atom is -0.396 e. The first kappa shape index (κ1) is 14.7. The Morgan fingerprint density at radius 2 is 1.94 bits per heavy atom. The molecule has 100 valence electrons. The minimum atomic E-state index is -0.632. The highest BCUT2D eigenvalue weighted by Crippen LogP contribution is 2.14. The molecule has 0 heterocycles. The molecule has 1 atom stereocenters. The van der Waals surface area contributed by atoms with Crippen molar-refractivity contribution in [2.24, 2.45) is 5.73 Å². The van der Waals surface area contributed by atoms with Gasteiger partial charge in [-0.05, 0) is 25.8 Å². The van der Waals surface area contributed by atoms with Gasteiger partial charge in [0.1, 0.15) is 6.04 Å². The van der Waals surface area contributed by atoms with Gasteiger partial charge in [-0.2, -0.15) is 0 Å². The molecule has 0 saturated carbocycles. The van der Waals surface area contributed by atoms with E-state index in [1.807, 2.05) is 44.2 Å². The van der Waals surface area contributed by atoms with Crippen LogP contribution in [0.5, 0.6) is 0 Å². The number of aliphatic hydroxyl groups is 1. The zero-order chi connectivity index (χ0) is 13.5. The Morgan fingerprint density at radius 3 is 2.44 bits per heavy atom. The Bertz CT molecular complexity index is 365. The fourth-order valence-electron chi connectivity index (χ4n) is 1.85. The van der Waals surface area contributed by atoms with Crippen molar-refractivity contribution in [1.82, 2.24) is 4.90 Å². The van der Waals surface area contributed by atoms with Gasteiger partial charge in [-0.15, -0.1) is 0 Å². The quantitative estimate of drug-likeness (QED) is 0.800. The third kappa shape index (κ3) is 3.82. The Labute approximate surface area is 108 Å². The normalized spacial score (nSPS) is 12.5. The van der Waals surface area contributed by atoms with Crippen molar-refractivity contribution in [3.8, 4) is 0 Å². The lowest BCUT2D eigenvalue weighted by Crippen LogP contribution is -2.43. The molecule has 0 aliphatic carbocycles. The highest BCUT2D eigenvalue weighted by Gasteiger charge is 2.23. The van der Waals surface area contributed by atoms with E-state index in [2.05, 4.69) is 0 Å². The third-order valence-corrected chi connectivity index (χ3v) is 2.89. The van der Waals surface area contributed by atoms with E-state index < -0.39 is 6.04 Å². The average Bonchev–Trinajstić information content (AvgIpc) is 2.38. The topological polar surface area (TPSA) is 66.6 Å². The van der Waals surface area contributed by atoms with E-state index in [1.165, 1.54) is 0 Å². The zero-order valence-electron chi connectivity index (χ0n) is 11.0. The fraction of sp³-hybridized carbons (Fsp3) is 0.500. The minimum absolute atomic E-state index is 0.0804. The van der Waals surface area contributed by atoms with Gasteiger partial charge in [0.05, 0.1) is 0 Å². The average molecular weight is 250 g/mol. The zero-order valence-corrected chi connectivity index (χ0v) is 11.0. The summed E-state index contributed by atoms with van der Waals surface area (Å²) in [7, 11) is 0. The van der Waals surface area contributed by atoms with Crippen LogP contribution in [-0.4, -0.2) is 35.1 Å². The van der Waals surface area contributed by atoms with E-state index in [4.69, 9.17) is 10.8 Å². The molecular weight excluding hydrogens is 228 g/mol. The number of hydrogen-bond donors (Lipinski definition) is 2. The van der Waals surface area contributed by atoms with E-state index >= 15 is 0 Å². The van der Waals surface area contributed by atoms with Crippen molar-refractivity contribution in [1.29, 1.82) is 0 Å². The molecular formula is C14H22N2O2. The summed E-state index contributed by atoms with van der Waals surface area (Å²) in [5.41, 5.74) is 6.81. The van der Waals surface area contributed by atoms with Crippen molar-refractivity contribution >= 4 is 5.91 Å². The van der Waals surface area contributed by atoms with Gasteiger partial charge in [0.25, 0.3) is 0 Å². The largest absolute Gasteiger partial charge is 0.396 e. The molecule has 1 rings (SSSR count). The molecule has 0 spiro atoms. The van der Waals surface area contributed by atoms with Crippen LogP contribution in [-0.2, 0) is 4.79 Å². The van der Waals surface area contributed by atoms with Crippen LogP contribution in [0.3, 0.4) is 0 Å². The number of nitrogens with zero attached hydrogens (tertiary/aromatic N) is 1. The van der Waals surface area contributed by atoms with Gasteiger partial charge in [0.2, 0.25) is 5.91 Å². The van der Waals surface area contributed by atoms with Crippen LogP contribution in [0.15, 0.2) is 30.3 Å². The number of carbonyl (C=O) groups excluding carboxylic acids is 1. The first-order valence-corrected chi connectivity index (χ1v) is 6.29. The van der Waals surface area contributed by atoms with E-state index in [0.717, 1.165) is 5.56 Å². The molecule has 1 amide bonds. The molecule has 0 aliphatic heterocycles. The maximum atomic E-state index is 12.3. The summed E-state index contributed by atoms with van der Waals surface area (Å²) >= 11 is 0. The number of rotatable bonds is 6. The maximum absolute atomic E-state index is 12.3. The molecule has 0 aromatic heterocycles. The summed E-state index contributed by atoms with van der Waals surface area (Å²) in [5, 5.41) is 8.87. The second-order valence-electron chi connectivity index (χ2n) is 4.59. The third-order valence-electron chi connectivity index (χ3n) is 2.89. The van der Waals surface area contributed by atoms with Crippen LogP contribution in [0.2, 0.25) is 0 Å². The SMILES string of the molecule is CC(C)N(CCCO)C(=O)C(N)c1ccccc1. The molecule has 4 nitrogen and oxygen atoms in total. The molecule has 0 radical (unpaired) electrons. The lowest BCUT2D eigenvalue weighted by atomic mass is 10.1. The van der Waals surface area contributed by atoms with Gasteiger partial charge in [-0.25, -0.2) is 0 Å². The Kier molecular flexibility index (Phi) is 5.82. The van der Waals surface area contributed by atoms with Crippen LogP contribution < -0.4 is 5.73 Å². The van der Waals surface area contributed by atoms with E-state index in [-0.39, 0.29) is 18.6 Å². The number of hydrogen-bond acceptors (Lipinski definition) is 3. The lowest BCUT2D eigenvalue weighted by molar-refractivity contribution is -0.134. The first-order valence-electron chi connectivity index (χ1n) is 6.29. The molecule has 3 N–H and O–H groups in total. The summed E-state index contributed by atoms with van der Waals surface area (Å²) in [4.78, 5) is 14.0. The van der Waals surface area contributed by atoms with Crippen LogP contribution in [0.4, 0.5) is 0 Å². The van der Waals surface area contributed by atoms with Crippen LogP contribution in [0.25, 0.3) is 0 Å². The van der Waals surface area contributed by atoms with Gasteiger partial charge >= 0.3 is 0 Å². The van der Waals surface area contributed by atoms with Gasteiger partial charge in [0.15, 0.2) is 0 Å². The molecule has 1 aromatic rings. The highest BCUT2D eigenvalue weighted by molar-refractivity contribution is 5.83. The van der Waals surface area contributed by atoms with Crippen molar-refractivity contribution in [2.45, 2.75) is 32.4 Å². The summed E-state index contributed by atoms with van der Waals surface area (Å²) in [6.07, 6.45) is 0.575. The highest BCUT2D eigenvalue weighted by atomic mass is 16.3. The van der Waals surface area contributed by atoms with E-state index in [1.54, 1.807) is 4.90 Å². The standard InChI is InChI=1S/C14H22N2O2/c1-11(2)16(9-6-10-17)14(18)13(15)12-7-4-3-5-8-12/h3-5,7-8,11,13,17H,6,9-10,15H2,1-2H3. The molecule has 4 heteroatoms. The smallest absolute Gasteiger partial charge is 0.244 e. The van der Waals surface area contributed by atoms with E-state index in [0.29, 0.717) is 13.0 Å². The predicted octanol–water partition coefficient (Wildman–Crippen LogP) is 1.31. The molecule has 0 saturated heterocycles. The Balaban J connectivity index is 2.76. The van der Waals surface area contributed by atoms with Gasteiger partial charge in [0, 0.05) is 19.2 Å². The summed E-state index contributed by atoms with van der Waals surface area (Å²) in [6, 6.07) is 8.80. The van der Waals surface area contributed by atoms with Crippen LogP contribution >= 0.6 is 0 Å². The van der Waals surface area contributed by atoms with Crippen molar-refractivity contribution in [3.63, 3.8) is 0 Å².